The highest BCUT2D eigenvalue weighted by Gasteiger charge is 2.13. The molecule has 4 heteroatoms. The maximum absolute atomic E-state index is 11.4. The third-order valence-corrected chi connectivity index (χ3v) is 5.73. The number of aryl methyl sites for hydroxylation is 1. The Kier molecular flexibility index (Phi) is 9.95. The minimum atomic E-state index is -0.857. The molecule has 34 heavy (non-hydrogen) atoms. The fourth-order valence-corrected chi connectivity index (χ4v) is 3.95. The van der Waals surface area contributed by atoms with Crippen LogP contribution in [0.15, 0.2) is 84.9 Å². The number of benzene rings is 3. The molecular weight excluding hydrogens is 422 g/mol. The van der Waals surface area contributed by atoms with Gasteiger partial charge in [-0.3, -0.25) is 4.79 Å². The van der Waals surface area contributed by atoms with Gasteiger partial charge in [-0.1, -0.05) is 78.9 Å². The molecule has 174 valence electrons. The van der Waals surface area contributed by atoms with Gasteiger partial charge in [-0.2, -0.15) is 5.26 Å². The average Bonchev–Trinajstić information content (AvgIpc) is 2.86. The average molecular weight is 454 g/mol. The maximum atomic E-state index is 11.4. The zero-order chi connectivity index (χ0) is 24.0. The summed E-state index contributed by atoms with van der Waals surface area (Å²) in [6.07, 6.45) is 8.66. The number of carboxylic acids is 1. The highest BCUT2D eigenvalue weighted by Crippen LogP contribution is 2.23. The Labute approximate surface area is 202 Å². The van der Waals surface area contributed by atoms with Gasteiger partial charge in [-0.25, -0.2) is 0 Å². The van der Waals surface area contributed by atoms with Crippen molar-refractivity contribution in [2.45, 2.75) is 38.5 Å². The van der Waals surface area contributed by atoms with Gasteiger partial charge in [-0.15, -0.1) is 0 Å². The first-order chi connectivity index (χ1) is 16.7. The third-order valence-electron chi connectivity index (χ3n) is 5.73. The number of carbonyl (C=O) groups is 1. The number of aliphatic carboxylic acids is 1. The predicted octanol–water partition coefficient (Wildman–Crippen LogP) is 6.70. The van der Waals surface area contributed by atoms with E-state index in [1.807, 2.05) is 60.7 Å². The van der Waals surface area contributed by atoms with E-state index in [4.69, 9.17) is 4.74 Å². The molecule has 0 fully saturated rings. The highest BCUT2D eigenvalue weighted by atomic mass is 16.5. The Hall–Kier alpha value is -3.84. The van der Waals surface area contributed by atoms with E-state index in [0.717, 1.165) is 42.6 Å². The van der Waals surface area contributed by atoms with Crippen LogP contribution in [0, 0.1) is 17.2 Å². The summed E-state index contributed by atoms with van der Waals surface area (Å²) in [5, 5.41) is 18.7. The molecule has 3 aromatic rings. The molecule has 0 aromatic heterocycles. The lowest BCUT2D eigenvalue weighted by Crippen LogP contribution is -2.09. The van der Waals surface area contributed by atoms with Crippen molar-refractivity contribution in [3.63, 3.8) is 0 Å². The van der Waals surface area contributed by atoms with Crippen molar-refractivity contribution in [2.75, 3.05) is 6.61 Å². The van der Waals surface area contributed by atoms with Crippen LogP contribution in [-0.2, 0) is 17.6 Å². The Morgan fingerprint density at radius 2 is 1.68 bits per heavy atom. The molecule has 1 unspecified atom stereocenters. The molecule has 0 saturated carbocycles. The summed E-state index contributed by atoms with van der Waals surface area (Å²) in [6, 6.07) is 27.9. The summed E-state index contributed by atoms with van der Waals surface area (Å²) >= 11 is 0. The van der Waals surface area contributed by atoms with Crippen LogP contribution in [0.5, 0.6) is 5.75 Å². The van der Waals surface area contributed by atoms with Crippen LogP contribution >= 0.6 is 0 Å². The van der Waals surface area contributed by atoms with Gasteiger partial charge in [-0.05, 0) is 61.3 Å². The Bertz CT molecular complexity index is 1120. The summed E-state index contributed by atoms with van der Waals surface area (Å²) in [4.78, 5) is 11.4. The molecule has 0 spiro atoms. The van der Waals surface area contributed by atoms with Gasteiger partial charge < -0.3 is 9.84 Å². The molecule has 0 aliphatic rings. The van der Waals surface area contributed by atoms with E-state index in [1.54, 1.807) is 6.07 Å². The topological polar surface area (TPSA) is 70.3 Å². The second-order valence-electron chi connectivity index (χ2n) is 8.37. The Morgan fingerprint density at radius 1 is 0.941 bits per heavy atom. The zero-order valence-corrected chi connectivity index (χ0v) is 19.4. The molecule has 3 aromatic carbocycles. The summed E-state index contributed by atoms with van der Waals surface area (Å²) in [7, 11) is 0. The van der Waals surface area contributed by atoms with Gasteiger partial charge in [0.25, 0.3) is 0 Å². The van der Waals surface area contributed by atoms with Gasteiger partial charge >= 0.3 is 5.97 Å². The van der Waals surface area contributed by atoms with Crippen LogP contribution in [0.4, 0.5) is 0 Å². The lowest BCUT2D eigenvalue weighted by molar-refractivity contribution is -0.137. The lowest BCUT2D eigenvalue weighted by atomic mass is 9.92. The number of carboxylic acid groups (broad SMARTS) is 1. The standard InChI is InChI=1S/C30H31NO3/c31-23-28-16-7-6-15-27(28)21-25(22-30(32)33)18-19-26-14-8-9-17-29(26)34-20-10-2-5-13-24-11-3-1-4-12-24/h1,3-4,6-9,11-12,14-19,25H,2,5,10,13,20-22H2,(H,32,33). The van der Waals surface area contributed by atoms with Gasteiger partial charge in [0.1, 0.15) is 5.75 Å². The molecule has 0 amide bonds. The number of unbranched alkanes of at least 4 members (excludes halogenated alkanes) is 2. The summed E-state index contributed by atoms with van der Waals surface area (Å²) in [5.74, 6) is -0.282. The largest absolute Gasteiger partial charge is 0.493 e. The summed E-state index contributed by atoms with van der Waals surface area (Å²) in [5.41, 5.74) is 3.74. The van der Waals surface area contributed by atoms with Crippen molar-refractivity contribution in [3.05, 3.63) is 107 Å². The van der Waals surface area contributed by atoms with E-state index in [2.05, 4.69) is 30.3 Å². The van der Waals surface area contributed by atoms with Crippen LogP contribution in [0.3, 0.4) is 0 Å². The SMILES string of the molecule is N#Cc1ccccc1CC(C=Cc1ccccc1OCCCCCc1ccccc1)CC(=O)O. The molecule has 3 rings (SSSR count). The molecule has 0 aliphatic carbocycles. The molecule has 0 bridgehead atoms. The second kappa shape index (κ2) is 13.6. The van der Waals surface area contributed by atoms with Gasteiger partial charge in [0.05, 0.1) is 24.7 Å². The third kappa shape index (κ3) is 8.26. The minimum absolute atomic E-state index is 0.000696. The molecule has 4 nitrogen and oxygen atoms in total. The van der Waals surface area contributed by atoms with Crippen LogP contribution in [0.2, 0.25) is 0 Å². The molecule has 1 N–H and O–H groups in total. The van der Waals surface area contributed by atoms with Crippen molar-refractivity contribution in [2.24, 2.45) is 5.92 Å². The Balaban J connectivity index is 1.56. The first-order valence-electron chi connectivity index (χ1n) is 11.8. The van der Waals surface area contributed by atoms with Gasteiger partial charge in [0.2, 0.25) is 0 Å². The summed E-state index contributed by atoms with van der Waals surface area (Å²) < 4.78 is 6.05. The lowest BCUT2D eigenvalue weighted by Gasteiger charge is -2.13. The smallest absolute Gasteiger partial charge is 0.303 e. The quantitative estimate of drug-likeness (QED) is 0.292. The first kappa shape index (κ1) is 24.8. The van der Waals surface area contributed by atoms with Crippen molar-refractivity contribution in [3.8, 4) is 11.8 Å². The maximum Gasteiger partial charge on any atom is 0.303 e. The number of hydrogen-bond acceptors (Lipinski definition) is 3. The second-order valence-corrected chi connectivity index (χ2v) is 8.37. The Morgan fingerprint density at radius 3 is 2.47 bits per heavy atom. The molecule has 1 atom stereocenters. The number of nitriles is 1. The highest BCUT2D eigenvalue weighted by molar-refractivity contribution is 5.68. The van der Waals surface area contributed by atoms with E-state index in [9.17, 15) is 15.2 Å². The van der Waals surface area contributed by atoms with Gasteiger partial charge in [0, 0.05) is 5.56 Å². The molecule has 0 aliphatic heterocycles. The van der Waals surface area contributed by atoms with E-state index in [1.165, 1.54) is 5.56 Å². The van der Waals surface area contributed by atoms with E-state index >= 15 is 0 Å². The van der Waals surface area contributed by atoms with Gasteiger partial charge in [0.15, 0.2) is 0 Å². The van der Waals surface area contributed by atoms with E-state index in [0.29, 0.717) is 18.6 Å². The van der Waals surface area contributed by atoms with Crippen LogP contribution in [-0.4, -0.2) is 17.7 Å². The van der Waals surface area contributed by atoms with E-state index in [-0.39, 0.29) is 12.3 Å². The number of allylic oxidation sites excluding steroid dienone is 1. The molecular formula is C30H31NO3. The normalized spacial score (nSPS) is 11.7. The van der Waals surface area contributed by atoms with Crippen molar-refractivity contribution in [1.29, 1.82) is 5.26 Å². The molecule has 0 saturated heterocycles. The predicted molar refractivity (Wildman–Crippen MR) is 136 cm³/mol. The van der Waals surface area contributed by atoms with Crippen molar-refractivity contribution >= 4 is 12.0 Å². The number of ether oxygens (including phenoxy) is 1. The van der Waals surface area contributed by atoms with Crippen LogP contribution in [0.25, 0.3) is 6.08 Å². The van der Waals surface area contributed by atoms with Crippen LogP contribution in [0.1, 0.15) is 47.9 Å². The number of hydrogen-bond donors (Lipinski definition) is 1. The monoisotopic (exact) mass is 453 g/mol. The number of nitrogens with zero attached hydrogens (tertiary/aromatic N) is 1. The zero-order valence-electron chi connectivity index (χ0n) is 19.4. The van der Waals surface area contributed by atoms with Crippen molar-refractivity contribution < 1.29 is 14.6 Å². The number of rotatable bonds is 13. The fourth-order valence-electron chi connectivity index (χ4n) is 3.95. The van der Waals surface area contributed by atoms with Crippen molar-refractivity contribution in [1.82, 2.24) is 0 Å². The first-order valence-corrected chi connectivity index (χ1v) is 11.8. The van der Waals surface area contributed by atoms with E-state index < -0.39 is 5.97 Å². The summed E-state index contributed by atoms with van der Waals surface area (Å²) in [6.45, 7) is 0.647. The molecule has 0 radical (unpaired) electrons. The minimum Gasteiger partial charge on any atom is -0.493 e. The van der Waals surface area contributed by atoms with Crippen LogP contribution < -0.4 is 4.74 Å². The number of para-hydroxylation sites is 1. The fraction of sp³-hybridized carbons (Fsp3) is 0.267. The molecule has 0 heterocycles.